The first-order chi connectivity index (χ1) is 16.0. The number of hydrogen-bond acceptors (Lipinski definition) is 7. The molecule has 0 aliphatic rings. The fourth-order valence-corrected chi connectivity index (χ4v) is 3.28. The van der Waals surface area contributed by atoms with Gasteiger partial charge in [-0.15, -0.1) is 0 Å². The summed E-state index contributed by atoms with van der Waals surface area (Å²) < 4.78 is 5.59. The molecule has 0 aliphatic carbocycles. The monoisotopic (exact) mass is 510 g/mol. The average molecular weight is 511 g/mol. The summed E-state index contributed by atoms with van der Waals surface area (Å²) in [7, 11) is 0. The highest BCUT2D eigenvalue weighted by atomic mass is 35.5. The van der Waals surface area contributed by atoms with Crippen LogP contribution in [0.15, 0.2) is 41.5 Å². The number of benzene rings is 2. The molecule has 0 aliphatic heterocycles. The lowest BCUT2D eigenvalue weighted by molar-refractivity contribution is -0.385. The zero-order chi connectivity index (χ0) is 25.4. The number of aromatic hydroxyl groups is 1. The summed E-state index contributed by atoms with van der Waals surface area (Å²) in [6, 6.07) is 7.34. The van der Waals surface area contributed by atoms with Crippen LogP contribution in [-0.4, -0.2) is 40.2 Å². The van der Waals surface area contributed by atoms with Crippen LogP contribution in [0, 0.1) is 16.0 Å². The van der Waals surface area contributed by atoms with E-state index < -0.39 is 40.3 Å². The van der Waals surface area contributed by atoms with Gasteiger partial charge in [-0.2, -0.15) is 5.10 Å². The Balaban J connectivity index is 2.04. The maximum atomic E-state index is 12.6. The standard InChI is InChI=1S/C22H24Cl2N4O6/c1-12(2)8-17(26-21(30)13(3)34-20-7-5-15(23)10-16(20)24)22(31)27-25-11-14-4-6-19(29)18(9-14)28(32)33/h4-7,9-13,17,29H,8H2,1-3H3,(H,26,30)(H,27,31)/b25-11-/t13-,17+/m1/s1. The van der Waals surface area contributed by atoms with Gasteiger partial charge < -0.3 is 15.2 Å². The van der Waals surface area contributed by atoms with Crippen LogP contribution in [-0.2, 0) is 9.59 Å². The molecule has 0 heterocycles. The van der Waals surface area contributed by atoms with Crippen molar-refractivity contribution in [3.05, 3.63) is 62.1 Å². The second-order valence-corrected chi connectivity index (χ2v) is 8.61. The summed E-state index contributed by atoms with van der Waals surface area (Å²) in [4.78, 5) is 35.5. The Morgan fingerprint density at radius 1 is 1.18 bits per heavy atom. The van der Waals surface area contributed by atoms with Crippen LogP contribution in [0.2, 0.25) is 10.0 Å². The topological polar surface area (TPSA) is 143 Å². The minimum Gasteiger partial charge on any atom is -0.502 e. The number of nitro benzene ring substituents is 1. The van der Waals surface area contributed by atoms with Crippen molar-refractivity contribution in [2.24, 2.45) is 11.0 Å². The van der Waals surface area contributed by atoms with Crippen LogP contribution in [0.25, 0.3) is 0 Å². The van der Waals surface area contributed by atoms with E-state index in [0.717, 1.165) is 12.1 Å². The number of phenols is 1. The number of hydrazone groups is 1. The first kappa shape index (κ1) is 26.9. The molecule has 0 aromatic heterocycles. The number of phenolic OH excluding ortho intramolecular Hbond substituents is 1. The molecule has 2 aromatic rings. The van der Waals surface area contributed by atoms with Gasteiger partial charge in [0, 0.05) is 16.7 Å². The van der Waals surface area contributed by atoms with Crippen LogP contribution in [0.1, 0.15) is 32.8 Å². The summed E-state index contributed by atoms with van der Waals surface area (Å²) in [5.74, 6) is -1.26. The zero-order valence-electron chi connectivity index (χ0n) is 18.6. The van der Waals surface area contributed by atoms with Crippen molar-refractivity contribution in [2.45, 2.75) is 39.3 Å². The third kappa shape index (κ3) is 7.89. The van der Waals surface area contributed by atoms with Crippen molar-refractivity contribution in [3.63, 3.8) is 0 Å². The number of nitro groups is 1. The quantitative estimate of drug-likeness (QED) is 0.249. The van der Waals surface area contributed by atoms with E-state index in [-0.39, 0.29) is 22.3 Å². The van der Waals surface area contributed by atoms with Crippen LogP contribution in [0.4, 0.5) is 5.69 Å². The van der Waals surface area contributed by atoms with Gasteiger partial charge in [0.25, 0.3) is 11.8 Å². The molecule has 2 aromatic carbocycles. The van der Waals surface area contributed by atoms with Crippen molar-refractivity contribution < 1.29 is 24.4 Å². The molecule has 182 valence electrons. The summed E-state index contributed by atoms with van der Waals surface area (Å²) in [6.45, 7) is 5.29. The second-order valence-electron chi connectivity index (χ2n) is 7.77. The molecule has 2 amide bonds. The lowest BCUT2D eigenvalue weighted by Gasteiger charge is -2.22. The minimum absolute atomic E-state index is 0.0710. The number of carbonyl (C=O) groups is 2. The number of hydrogen-bond donors (Lipinski definition) is 3. The van der Waals surface area contributed by atoms with Crippen molar-refractivity contribution in [3.8, 4) is 11.5 Å². The van der Waals surface area contributed by atoms with E-state index in [1.807, 2.05) is 13.8 Å². The lowest BCUT2D eigenvalue weighted by Crippen LogP contribution is -2.49. The molecular formula is C22H24Cl2N4O6. The SMILES string of the molecule is CC(C)C[C@H](NC(=O)[C@@H](C)Oc1ccc(Cl)cc1Cl)C(=O)N/N=C\c1ccc(O)c([N+](=O)[O-])c1. The van der Waals surface area contributed by atoms with Crippen LogP contribution in [0.3, 0.4) is 0 Å². The molecule has 12 heteroatoms. The van der Waals surface area contributed by atoms with E-state index >= 15 is 0 Å². The van der Waals surface area contributed by atoms with Crippen molar-refractivity contribution in [2.75, 3.05) is 0 Å². The fourth-order valence-electron chi connectivity index (χ4n) is 2.82. The third-order valence-electron chi connectivity index (χ3n) is 4.49. The number of rotatable bonds is 10. The molecule has 0 saturated heterocycles. The van der Waals surface area contributed by atoms with Gasteiger partial charge in [0.2, 0.25) is 0 Å². The van der Waals surface area contributed by atoms with E-state index in [2.05, 4.69) is 15.8 Å². The number of amides is 2. The lowest BCUT2D eigenvalue weighted by atomic mass is 10.0. The largest absolute Gasteiger partial charge is 0.502 e. The van der Waals surface area contributed by atoms with E-state index in [1.165, 1.54) is 31.3 Å². The highest BCUT2D eigenvalue weighted by molar-refractivity contribution is 6.35. The predicted octanol–water partition coefficient (Wildman–Crippen LogP) is 4.06. The van der Waals surface area contributed by atoms with E-state index in [4.69, 9.17) is 27.9 Å². The smallest absolute Gasteiger partial charge is 0.311 e. The normalized spacial score (nSPS) is 12.9. The van der Waals surface area contributed by atoms with Gasteiger partial charge in [-0.05, 0) is 49.6 Å². The molecule has 0 unspecified atom stereocenters. The molecule has 0 radical (unpaired) electrons. The van der Waals surface area contributed by atoms with Crippen LogP contribution in [0.5, 0.6) is 11.5 Å². The molecule has 34 heavy (non-hydrogen) atoms. The maximum Gasteiger partial charge on any atom is 0.311 e. The Hall–Kier alpha value is -3.37. The van der Waals surface area contributed by atoms with Crippen molar-refractivity contribution >= 4 is 46.9 Å². The van der Waals surface area contributed by atoms with Crippen LogP contribution >= 0.6 is 23.2 Å². The molecule has 0 fully saturated rings. The van der Waals surface area contributed by atoms with Gasteiger partial charge in [-0.25, -0.2) is 5.43 Å². The molecule has 2 rings (SSSR count). The molecule has 0 saturated carbocycles. The van der Waals surface area contributed by atoms with Gasteiger partial charge in [-0.3, -0.25) is 19.7 Å². The molecule has 0 bridgehead atoms. The number of nitrogens with one attached hydrogen (secondary N) is 2. The molecule has 2 atom stereocenters. The Morgan fingerprint density at radius 2 is 1.88 bits per heavy atom. The molecular weight excluding hydrogens is 487 g/mol. The first-order valence-electron chi connectivity index (χ1n) is 10.2. The van der Waals surface area contributed by atoms with E-state index in [0.29, 0.717) is 11.4 Å². The van der Waals surface area contributed by atoms with Crippen molar-refractivity contribution in [1.29, 1.82) is 0 Å². The predicted molar refractivity (Wildman–Crippen MR) is 128 cm³/mol. The van der Waals surface area contributed by atoms with Gasteiger partial charge in [0.15, 0.2) is 11.9 Å². The molecule has 10 nitrogen and oxygen atoms in total. The number of halogens is 2. The van der Waals surface area contributed by atoms with Gasteiger partial charge in [0.1, 0.15) is 11.8 Å². The molecule has 0 spiro atoms. The van der Waals surface area contributed by atoms with E-state index in [9.17, 15) is 24.8 Å². The summed E-state index contributed by atoms with van der Waals surface area (Å²) in [5, 5.41) is 27.5. The van der Waals surface area contributed by atoms with Gasteiger partial charge >= 0.3 is 5.69 Å². The van der Waals surface area contributed by atoms with E-state index in [1.54, 1.807) is 6.07 Å². The minimum atomic E-state index is -0.956. The van der Waals surface area contributed by atoms with Gasteiger partial charge in [-0.1, -0.05) is 37.0 Å². The Labute approximate surface area is 206 Å². The number of carbonyl (C=O) groups excluding carboxylic acids is 2. The number of nitrogens with zero attached hydrogens (tertiary/aromatic N) is 2. The zero-order valence-corrected chi connectivity index (χ0v) is 20.1. The Morgan fingerprint density at radius 3 is 2.50 bits per heavy atom. The average Bonchev–Trinajstić information content (AvgIpc) is 2.75. The summed E-state index contributed by atoms with van der Waals surface area (Å²) in [6.07, 6.45) is 0.557. The summed E-state index contributed by atoms with van der Waals surface area (Å²) >= 11 is 11.9. The highest BCUT2D eigenvalue weighted by Crippen LogP contribution is 2.28. The van der Waals surface area contributed by atoms with Crippen LogP contribution < -0.4 is 15.5 Å². The second kappa shape index (κ2) is 12.2. The van der Waals surface area contributed by atoms with Gasteiger partial charge in [0.05, 0.1) is 16.2 Å². The fraction of sp³-hybridized carbons (Fsp3) is 0.318. The first-order valence-corrected chi connectivity index (χ1v) is 11.0. The highest BCUT2D eigenvalue weighted by Gasteiger charge is 2.25. The van der Waals surface area contributed by atoms with Crippen molar-refractivity contribution in [1.82, 2.24) is 10.7 Å². The Bertz CT molecular complexity index is 1090. The maximum absolute atomic E-state index is 12.6. The summed E-state index contributed by atoms with van der Waals surface area (Å²) in [5.41, 5.74) is 2.11. The Kier molecular flexibility index (Phi) is 9.64. The number of ether oxygens (including phenoxy) is 1. The molecule has 3 N–H and O–H groups in total. The third-order valence-corrected chi connectivity index (χ3v) is 5.02.